The summed E-state index contributed by atoms with van der Waals surface area (Å²) in [5, 5.41) is 0. The molecular formula is C22H27F6NO2. The first-order valence-corrected chi connectivity index (χ1v) is 9.73. The second-order valence-electron chi connectivity index (χ2n) is 5.90. The lowest BCUT2D eigenvalue weighted by Crippen LogP contribution is -2.11. The molecule has 9 heteroatoms. The van der Waals surface area contributed by atoms with Crippen LogP contribution in [0.1, 0.15) is 52.7 Å². The minimum atomic E-state index is -4.94. The Bertz CT molecular complexity index is 816. The summed E-state index contributed by atoms with van der Waals surface area (Å²) in [6, 6.07) is 4.09. The predicted molar refractivity (Wildman–Crippen MR) is 109 cm³/mol. The molecule has 31 heavy (non-hydrogen) atoms. The van der Waals surface area contributed by atoms with Gasteiger partial charge in [-0.05, 0) is 49.7 Å². The molecule has 0 N–H and O–H groups in total. The molecule has 1 aromatic heterocycles. The molecule has 0 atom stereocenters. The average Bonchev–Trinajstić information content (AvgIpc) is 3.16. The lowest BCUT2D eigenvalue weighted by molar-refractivity contribution is -0.143. The van der Waals surface area contributed by atoms with Crippen LogP contribution in [0, 0.1) is 0 Å². The first kappa shape index (κ1) is 28.3. The Kier molecular flexibility index (Phi) is 11.2. The van der Waals surface area contributed by atoms with Crippen molar-refractivity contribution in [3.05, 3.63) is 53.7 Å². The van der Waals surface area contributed by atoms with Gasteiger partial charge in [-0.3, -0.25) is 0 Å². The van der Waals surface area contributed by atoms with Gasteiger partial charge >= 0.3 is 18.3 Å². The third-order valence-electron chi connectivity index (χ3n) is 3.39. The van der Waals surface area contributed by atoms with E-state index < -0.39 is 29.4 Å². The maximum Gasteiger partial charge on any atom is 0.416 e. The van der Waals surface area contributed by atoms with E-state index in [4.69, 9.17) is 4.74 Å². The molecule has 0 saturated carbocycles. The van der Waals surface area contributed by atoms with Crippen LogP contribution < -0.4 is 0 Å². The third kappa shape index (κ3) is 8.90. The molecule has 3 nitrogen and oxygen atoms in total. The molecule has 0 unspecified atom stereocenters. The van der Waals surface area contributed by atoms with Crippen LogP contribution in [0.3, 0.4) is 0 Å². The van der Waals surface area contributed by atoms with Crippen molar-refractivity contribution in [1.29, 1.82) is 0 Å². The fourth-order valence-electron chi connectivity index (χ4n) is 2.28. The Morgan fingerprint density at radius 3 is 1.84 bits per heavy atom. The maximum absolute atomic E-state index is 13.0. The Balaban J connectivity index is 0.00000212. The number of halogens is 6. The molecule has 1 aromatic carbocycles. The van der Waals surface area contributed by atoms with E-state index in [1.54, 1.807) is 13.8 Å². The zero-order valence-electron chi connectivity index (χ0n) is 18.2. The highest BCUT2D eigenvalue weighted by molar-refractivity contribution is 5.85. The third-order valence-corrected chi connectivity index (χ3v) is 3.39. The first-order valence-electron chi connectivity index (χ1n) is 9.73. The zero-order chi connectivity index (χ0) is 24.4. The van der Waals surface area contributed by atoms with Crippen LogP contribution in [0.25, 0.3) is 17.5 Å². The number of carbonyl (C=O) groups is 1. The van der Waals surface area contributed by atoms with Crippen molar-refractivity contribution in [2.45, 2.75) is 60.0 Å². The first-order chi connectivity index (χ1) is 14.4. The van der Waals surface area contributed by atoms with Gasteiger partial charge in [-0.2, -0.15) is 26.3 Å². The van der Waals surface area contributed by atoms with Crippen LogP contribution in [0.2, 0.25) is 0 Å². The van der Waals surface area contributed by atoms with Crippen molar-refractivity contribution in [1.82, 2.24) is 4.57 Å². The summed E-state index contributed by atoms with van der Waals surface area (Å²) in [4.78, 5) is 11.5. The number of hydrogen-bond donors (Lipinski definition) is 0. The second kappa shape index (κ2) is 12.2. The quantitative estimate of drug-likeness (QED) is 0.271. The standard InChI is InChI=1S/C18H15F6NO2.2C2H6/c1-11(2)27-16(26)5-7-25-6-3-4-15(25)12-8-13(17(19,20)21)10-14(9-12)18(22,23)24;2*1-2/h3-11H,1-2H3;2*1-2H3/b7-5-;;. The van der Waals surface area contributed by atoms with Gasteiger partial charge < -0.3 is 9.30 Å². The van der Waals surface area contributed by atoms with Gasteiger partial charge in [0.1, 0.15) is 0 Å². The van der Waals surface area contributed by atoms with Gasteiger partial charge in [-0.25, -0.2) is 4.79 Å². The van der Waals surface area contributed by atoms with Crippen LogP contribution in [0.4, 0.5) is 26.3 Å². The number of carbonyl (C=O) groups excluding carboxylic acids is 1. The average molecular weight is 451 g/mol. The van der Waals surface area contributed by atoms with Gasteiger partial charge in [-0.1, -0.05) is 27.7 Å². The molecule has 0 radical (unpaired) electrons. The summed E-state index contributed by atoms with van der Waals surface area (Å²) >= 11 is 0. The summed E-state index contributed by atoms with van der Waals surface area (Å²) in [7, 11) is 0. The van der Waals surface area contributed by atoms with Gasteiger partial charge in [0.25, 0.3) is 0 Å². The number of esters is 1. The van der Waals surface area contributed by atoms with E-state index in [1.165, 1.54) is 29.1 Å². The number of alkyl halides is 6. The number of rotatable bonds is 4. The van der Waals surface area contributed by atoms with E-state index in [-0.39, 0.29) is 23.4 Å². The molecular weight excluding hydrogens is 424 g/mol. The fraction of sp³-hybridized carbons (Fsp3) is 0.409. The smallest absolute Gasteiger partial charge is 0.416 e. The minimum absolute atomic E-state index is 0.0557. The normalized spacial score (nSPS) is 11.5. The maximum atomic E-state index is 13.0. The van der Waals surface area contributed by atoms with Gasteiger partial charge in [0.05, 0.1) is 22.9 Å². The monoisotopic (exact) mass is 451 g/mol. The predicted octanol–water partition coefficient (Wildman–Crippen LogP) is 7.67. The van der Waals surface area contributed by atoms with E-state index in [1.807, 2.05) is 27.7 Å². The molecule has 0 fully saturated rings. The molecule has 0 aliphatic rings. The van der Waals surface area contributed by atoms with Crippen LogP contribution >= 0.6 is 0 Å². The van der Waals surface area contributed by atoms with Gasteiger partial charge in [0, 0.05) is 18.5 Å². The molecule has 0 amide bonds. The van der Waals surface area contributed by atoms with E-state index in [2.05, 4.69) is 0 Å². The van der Waals surface area contributed by atoms with Gasteiger partial charge in [-0.15, -0.1) is 0 Å². The number of nitrogens with zero attached hydrogens (tertiary/aromatic N) is 1. The lowest BCUT2D eigenvalue weighted by Gasteiger charge is -2.15. The molecule has 0 saturated heterocycles. The van der Waals surface area contributed by atoms with Gasteiger partial charge in [0.2, 0.25) is 0 Å². The lowest BCUT2D eigenvalue weighted by atomic mass is 10.0. The Morgan fingerprint density at radius 2 is 1.42 bits per heavy atom. The van der Waals surface area contributed by atoms with Gasteiger partial charge in [0.15, 0.2) is 0 Å². The summed E-state index contributed by atoms with van der Waals surface area (Å²) in [5.41, 5.74) is -3.06. The number of aromatic nitrogens is 1. The van der Waals surface area contributed by atoms with Crippen LogP contribution in [0.15, 0.2) is 42.6 Å². The van der Waals surface area contributed by atoms with Crippen molar-refractivity contribution in [2.75, 3.05) is 0 Å². The summed E-state index contributed by atoms with van der Waals surface area (Å²) in [6.07, 6.45) is -6.63. The molecule has 0 aliphatic heterocycles. The Labute approximate surface area is 178 Å². The van der Waals surface area contributed by atoms with Crippen molar-refractivity contribution in [3.8, 4) is 11.3 Å². The van der Waals surface area contributed by atoms with Crippen molar-refractivity contribution in [3.63, 3.8) is 0 Å². The molecule has 0 bridgehead atoms. The van der Waals surface area contributed by atoms with Crippen LogP contribution in [-0.2, 0) is 21.9 Å². The second-order valence-corrected chi connectivity index (χ2v) is 5.90. The molecule has 2 aromatic rings. The fourth-order valence-corrected chi connectivity index (χ4v) is 2.28. The summed E-state index contributed by atoms with van der Waals surface area (Å²) in [6.45, 7) is 11.3. The van der Waals surface area contributed by atoms with Crippen LogP contribution in [-0.4, -0.2) is 16.6 Å². The van der Waals surface area contributed by atoms with E-state index >= 15 is 0 Å². The zero-order valence-corrected chi connectivity index (χ0v) is 18.2. The molecule has 0 aliphatic carbocycles. The van der Waals surface area contributed by atoms with Crippen molar-refractivity contribution < 1.29 is 35.9 Å². The van der Waals surface area contributed by atoms with E-state index in [0.29, 0.717) is 12.1 Å². The van der Waals surface area contributed by atoms with E-state index in [0.717, 1.165) is 6.08 Å². The highest BCUT2D eigenvalue weighted by atomic mass is 19.4. The molecule has 174 valence electrons. The highest BCUT2D eigenvalue weighted by Gasteiger charge is 2.37. The number of hydrogen-bond acceptors (Lipinski definition) is 2. The minimum Gasteiger partial charge on any atom is -0.460 e. The van der Waals surface area contributed by atoms with E-state index in [9.17, 15) is 31.1 Å². The van der Waals surface area contributed by atoms with Crippen LogP contribution in [0.5, 0.6) is 0 Å². The summed E-state index contributed by atoms with van der Waals surface area (Å²) in [5.74, 6) is -0.690. The Hall–Kier alpha value is -2.71. The number of ether oxygens (including phenoxy) is 1. The Morgan fingerprint density at radius 1 is 0.935 bits per heavy atom. The highest BCUT2D eigenvalue weighted by Crippen LogP contribution is 2.38. The summed E-state index contributed by atoms with van der Waals surface area (Å²) < 4.78 is 84.1. The van der Waals surface area contributed by atoms with Crippen molar-refractivity contribution in [2.24, 2.45) is 0 Å². The van der Waals surface area contributed by atoms with Crippen molar-refractivity contribution >= 4 is 12.2 Å². The number of benzene rings is 1. The molecule has 1 heterocycles. The largest absolute Gasteiger partial charge is 0.460 e. The molecule has 2 rings (SSSR count). The topological polar surface area (TPSA) is 31.2 Å². The molecule has 0 spiro atoms. The SMILES string of the molecule is CC.CC.CC(C)OC(=O)/C=C\n1cccc1-c1cc(C(F)(F)F)cc(C(F)(F)F)c1.